The molecule has 0 spiro atoms. The van der Waals surface area contributed by atoms with E-state index in [2.05, 4.69) is 31.9 Å². The molecular formula is C48H54N6O18S6. The van der Waals surface area contributed by atoms with Crippen molar-refractivity contribution in [2.75, 3.05) is 77.2 Å². The molecule has 3 aromatic carbocycles. The lowest BCUT2D eigenvalue weighted by Crippen LogP contribution is -2.44. The van der Waals surface area contributed by atoms with Gasteiger partial charge in [-0.2, -0.15) is 0 Å². The fraction of sp³-hybridized carbons (Fsp3) is 0.375. The smallest absolute Gasteiger partial charge is 0.329 e. The molecule has 6 N–H and O–H groups in total. The van der Waals surface area contributed by atoms with E-state index < -0.39 is 108 Å². The minimum atomic E-state index is -1.25. The van der Waals surface area contributed by atoms with Gasteiger partial charge in [0.15, 0.2) is 0 Å². The first-order chi connectivity index (χ1) is 37.4. The summed E-state index contributed by atoms with van der Waals surface area (Å²) in [6.07, 6.45) is 0. The number of nitrogens with one attached hydrogen (secondary N) is 6. The highest BCUT2D eigenvalue weighted by molar-refractivity contribution is 8.77. The molecule has 6 amide bonds. The van der Waals surface area contributed by atoms with Crippen molar-refractivity contribution in [2.24, 2.45) is 0 Å². The maximum atomic E-state index is 13.5. The Labute approximate surface area is 470 Å². The van der Waals surface area contributed by atoms with Crippen LogP contribution < -0.4 is 31.9 Å². The largest absolute Gasteiger partial charge is 0.467 e. The molecule has 0 radical (unpaired) electrons. The number of methoxy groups -OCH3 is 6. The van der Waals surface area contributed by atoms with E-state index in [1.165, 1.54) is 72.8 Å². The van der Waals surface area contributed by atoms with Crippen molar-refractivity contribution in [2.45, 2.75) is 36.3 Å². The summed E-state index contributed by atoms with van der Waals surface area (Å²) >= 11 is 0. The highest BCUT2D eigenvalue weighted by Crippen LogP contribution is 2.27. The molecule has 6 atom stereocenters. The Balaban J connectivity index is 1.63. The predicted molar refractivity (Wildman–Crippen MR) is 294 cm³/mol. The van der Waals surface area contributed by atoms with Crippen molar-refractivity contribution in [3.63, 3.8) is 0 Å². The molecular weight excluding hydrogens is 1140 g/mol. The molecule has 4 rings (SSSR count). The van der Waals surface area contributed by atoms with Crippen LogP contribution in [0.5, 0.6) is 0 Å². The van der Waals surface area contributed by atoms with Crippen LogP contribution in [0.4, 0.5) is 0 Å². The lowest BCUT2D eigenvalue weighted by atomic mass is 10.1. The topological polar surface area (TPSA) is 332 Å². The summed E-state index contributed by atoms with van der Waals surface area (Å²) in [5, 5.41) is 15.4. The van der Waals surface area contributed by atoms with E-state index in [4.69, 9.17) is 28.4 Å². The molecule has 1 aliphatic heterocycles. The highest BCUT2D eigenvalue weighted by Gasteiger charge is 2.30. The summed E-state index contributed by atoms with van der Waals surface area (Å²) in [4.78, 5) is 158. The van der Waals surface area contributed by atoms with Gasteiger partial charge in [-0.3, -0.25) is 28.8 Å². The van der Waals surface area contributed by atoms with Gasteiger partial charge in [0.1, 0.15) is 36.3 Å². The van der Waals surface area contributed by atoms with Gasteiger partial charge in [0.25, 0.3) is 35.4 Å². The van der Waals surface area contributed by atoms with Crippen molar-refractivity contribution in [1.82, 2.24) is 31.9 Å². The summed E-state index contributed by atoms with van der Waals surface area (Å²) in [5.74, 6) is -10.2. The Morgan fingerprint density at radius 1 is 0.308 bits per heavy atom. The number of benzene rings is 3. The number of amides is 6. The Morgan fingerprint density at radius 2 is 0.449 bits per heavy atom. The van der Waals surface area contributed by atoms with Gasteiger partial charge in [-0.05, 0) is 54.6 Å². The van der Waals surface area contributed by atoms with Crippen LogP contribution in [0, 0.1) is 0 Å². The quantitative estimate of drug-likeness (QED) is 0.117. The van der Waals surface area contributed by atoms with Crippen molar-refractivity contribution in [3.05, 3.63) is 106 Å². The summed E-state index contributed by atoms with van der Waals surface area (Å²) in [7, 11) is 12.9. The number of fused-ring (bicyclic) bond motifs is 6. The summed E-state index contributed by atoms with van der Waals surface area (Å²) in [6.45, 7) is 0. The van der Waals surface area contributed by atoms with E-state index in [9.17, 15) is 57.5 Å². The zero-order valence-corrected chi connectivity index (χ0v) is 47.3. The van der Waals surface area contributed by atoms with Gasteiger partial charge in [0, 0.05) is 67.9 Å². The minimum Gasteiger partial charge on any atom is -0.467 e. The summed E-state index contributed by atoms with van der Waals surface area (Å²) < 4.78 is 29.4. The lowest BCUT2D eigenvalue weighted by molar-refractivity contribution is -0.143. The van der Waals surface area contributed by atoms with E-state index in [0.717, 1.165) is 107 Å². The van der Waals surface area contributed by atoms with Crippen molar-refractivity contribution in [1.29, 1.82) is 0 Å². The molecule has 78 heavy (non-hydrogen) atoms. The summed E-state index contributed by atoms with van der Waals surface area (Å²) in [5.41, 5.74) is -0.290. The maximum Gasteiger partial charge on any atom is 0.329 e. The number of esters is 6. The van der Waals surface area contributed by atoms with Gasteiger partial charge in [-0.25, -0.2) is 28.8 Å². The molecule has 0 unspecified atom stereocenters. The maximum absolute atomic E-state index is 13.5. The van der Waals surface area contributed by atoms with Crippen LogP contribution >= 0.6 is 64.8 Å². The molecule has 0 aromatic heterocycles. The monoisotopic (exact) mass is 1190 g/mol. The SMILES string of the molecule is COC(=O)[C@@H]1CSSC[C@@H](C(=O)OC)NC(=O)c2cccc(c2)C(=O)N[C@H](C(=O)OC)CSSC[C@@H](C(=O)OC)NC(=O)c2cccc(c2)C(=O)N[C@H](C(=O)OC)CSSC[C@@H](C(=O)OC)NC(=O)c2cccc(c2)C(=O)N1. The average molecular weight is 1200 g/mol. The van der Waals surface area contributed by atoms with Crippen LogP contribution in [0.25, 0.3) is 0 Å². The normalized spacial score (nSPS) is 21.2. The lowest BCUT2D eigenvalue weighted by Gasteiger charge is -2.19. The molecule has 0 saturated carbocycles. The van der Waals surface area contributed by atoms with Crippen LogP contribution in [0.15, 0.2) is 72.8 Å². The first kappa shape index (κ1) is 63.9. The second-order valence-electron chi connectivity index (χ2n) is 15.7. The number of rotatable bonds is 6. The predicted octanol–water partition coefficient (Wildman–Crippen LogP) is 1.87. The average Bonchev–Trinajstić information content (AvgIpc) is 3.46. The molecule has 1 aliphatic rings. The third-order valence-corrected chi connectivity index (χ3v) is 17.8. The molecule has 0 aliphatic carbocycles. The van der Waals surface area contributed by atoms with Crippen LogP contribution in [-0.4, -0.2) is 185 Å². The van der Waals surface area contributed by atoms with Crippen LogP contribution in [-0.2, 0) is 57.2 Å². The van der Waals surface area contributed by atoms with Crippen molar-refractivity contribution < 1.29 is 86.0 Å². The van der Waals surface area contributed by atoms with E-state index in [0.29, 0.717) is 0 Å². The second kappa shape index (κ2) is 33.0. The van der Waals surface area contributed by atoms with Gasteiger partial charge in [0.2, 0.25) is 0 Å². The number of hydrogen-bond donors (Lipinski definition) is 6. The number of carbonyl (C=O) groups is 12. The molecule has 24 nitrogen and oxygen atoms in total. The van der Waals surface area contributed by atoms with Crippen LogP contribution in [0.1, 0.15) is 62.1 Å². The number of ether oxygens (including phenoxy) is 6. The van der Waals surface area contributed by atoms with Crippen LogP contribution in [0.2, 0.25) is 0 Å². The van der Waals surface area contributed by atoms with Gasteiger partial charge < -0.3 is 60.3 Å². The molecule has 0 fully saturated rings. The zero-order valence-electron chi connectivity index (χ0n) is 42.4. The number of carbonyl (C=O) groups excluding carboxylic acids is 12. The van der Waals surface area contributed by atoms with Gasteiger partial charge in [-0.1, -0.05) is 83.0 Å². The molecule has 1 heterocycles. The second-order valence-corrected chi connectivity index (χ2v) is 23.4. The van der Waals surface area contributed by atoms with Gasteiger partial charge in [0.05, 0.1) is 42.7 Å². The fourth-order valence-corrected chi connectivity index (χ4v) is 13.3. The van der Waals surface area contributed by atoms with E-state index in [1.54, 1.807) is 0 Å². The van der Waals surface area contributed by atoms with E-state index in [-0.39, 0.29) is 67.9 Å². The minimum absolute atomic E-state index is 0.0483. The van der Waals surface area contributed by atoms with E-state index >= 15 is 0 Å². The first-order valence-corrected chi connectivity index (χ1v) is 30.2. The molecule has 30 heteroatoms. The Kier molecular flexibility index (Phi) is 27.0. The highest BCUT2D eigenvalue weighted by atomic mass is 33.1. The van der Waals surface area contributed by atoms with Crippen molar-refractivity contribution >= 4 is 136 Å². The number of hydrogen-bond acceptors (Lipinski definition) is 24. The standard InChI is InChI=1S/C48H54N6O18S6/c1-67-43(61)31-19-73-74-20-32(44(62)68-2)50-39(57)27-12-8-13-28(17-27)40(58)52-35(47(65)71-5)23-77-78-24-36(48(66)72-6)54-42(60)30-15-9-14-29(18-30)41(59)53-34(46(64)70-4)22-76-75-21-33(45(63)69-3)51-38(56)26-11-7-10-25(16-26)37(55)49-31/h7-18,31-36H,19-24H2,1-6H3,(H,49,55)(H,50,57)(H,51,56)(H,52,58)(H,53,59)(H,54,60)/t31-,32-,33-,34-,35-,36-/m0/s1. The molecule has 6 bridgehead atoms. The Hall–Kier alpha value is -6.60. The molecule has 420 valence electrons. The molecule has 0 saturated heterocycles. The zero-order chi connectivity index (χ0) is 57.3. The third-order valence-electron chi connectivity index (χ3n) is 10.6. The Morgan fingerprint density at radius 3 is 0.577 bits per heavy atom. The first-order valence-electron chi connectivity index (χ1n) is 22.7. The van der Waals surface area contributed by atoms with Crippen LogP contribution in [0.3, 0.4) is 0 Å². The Bertz CT molecular complexity index is 2250. The fourth-order valence-electron chi connectivity index (χ4n) is 6.42. The summed E-state index contributed by atoms with van der Waals surface area (Å²) in [6, 6.07) is 8.66. The third kappa shape index (κ3) is 19.7. The van der Waals surface area contributed by atoms with Gasteiger partial charge in [-0.15, -0.1) is 0 Å². The van der Waals surface area contributed by atoms with Gasteiger partial charge >= 0.3 is 35.8 Å². The molecule has 3 aromatic rings. The van der Waals surface area contributed by atoms with E-state index in [1.807, 2.05) is 0 Å². The van der Waals surface area contributed by atoms with Crippen molar-refractivity contribution in [3.8, 4) is 0 Å².